The number of aromatic nitrogens is 2. The van der Waals surface area contributed by atoms with E-state index in [0.717, 1.165) is 33.5 Å². The summed E-state index contributed by atoms with van der Waals surface area (Å²) in [6, 6.07) is 20.4. The van der Waals surface area contributed by atoms with Gasteiger partial charge in [0.15, 0.2) is 5.69 Å². The SMILES string of the molecule is Cc1ccc(-c2cc(C(F)(F)F)nn2-c2ccc(S(=O)(=O)NC(=O)OCCN(C)N(O)OCOC(=O)c3ccccc3)cc2)cc1. The second kappa shape index (κ2) is 14.5. The maximum absolute atomic E-state index is 13.5. The molecule has 0 radical (unpaired) electrons. The van der Waals surface area contributed by atoms with Crippen molar-refractivity contribution < 1.29 is 50.7 Å². The molecule has 46 heavy (non-hydrogen) atoms. The molecule has 0 aliphatic carbocycles. The zero-order chi connectivity index (χ0) is 33.5. The van der Waals surface area contributed by atoms with E-state index in [1.54, 1.807) is 47.2 Å². The number of carbonyl (C=O) groups excluding carboxylic acids is 2. The van der Waals surface area contributed by atoms with Crippen LogP contribution in [0.2, 0.25) is 0 Å². The van der Waals surface area contributed by atoms with Gasteiger partial charge in [0.05, 0.1) is 28.4 Å². The van der Waals surface area contributed by atoms with Crippen LogP contribution in [0.1, 0.15) is 21.6 Å². The number of rotatable bonds is 12. The van der Waals surface area contributed by atoms with Crippen LogP contribution in [-0.2, 0) is 30.5 Å². The Morgan fingerprint density at radius 3 is 2.26 bits per heavy atom. The Kier molecular flexibility index (Phi) is 10.8. The summed E-state index contributed by atoms with van der Waals surface area (Å²) in [5.41, 5.74) is 0.789. The zero-order valence-corrected chi connectivity index (χ0v) is 25.2. The van der Waals surface area contributed by atoms with Crippen LogP contribution in [0.25, 0.3) is 16.9 Å². The van der Waals surface area contributed by atoms with Gasteiger partial charge in [-0.2, -0.15) is 23.3 Å². The van der Waals surface area contributed by atoms with Crippen LogP contribution in [-0.4, -0.2) is 72.8 Å². The predicted molar refractivity (Wildman–Crippen MR) is 154 cm³/mol. The topological polar surface area (TPSA) is 153 Å². The molecule has 2 N–H and O–H groups in total. The summed E-state index contributed by atoms with van der Waals surface area (Å²) in [7, 11) is -3.10. The van der Waals surface area contributed by atoms with E-state index in [0.29, 0.717) is 5.56 Å². The second-order valence-corrected chi connectivity index (χ2v) is 11.3. The highest BCUT2D eigenvalue weighted by atomic mass is 32.2. The highest BCUT2D eigenvalue weighted by molar-refractivity contribution is 7.90. The molecule has 17 heteroatoms. The third-order valence-corrected chi connectivity index (χ3v) is 7.59. The number of nitrogens with one attached hydrogen (secondary N) is 1. The molecule has 244 valence electrons. The molecule has 1 aromatic heterocycles. The number of halogens is 3. The van der Waals surface area contributed by atoms with Gasteiger partial charge in [-0.3, -0.25) is 5.21 Å². The Morgan fingerprint density at radius 2 is 1.63 bits per heavy atom. The van der Waals surface area contributed by atoms with Gasteiger partial charge in [0.2, 0.25) is 6.79 Å². The van der Waals surface area contributed by atoms with E-state index in [9.17, 15) is 36.4 Å². The molecule has 1 heterocycles. The lowest BCUT2D eigenvalue weighted by atomic mass is 10.1. The number of nitrogens with zero attached hydrogens (tertiary/aromatic N) is 4. The molecule has 0 unspecified atom stereocenters. The molecular weight excluding hydrogens is 635 g/mol. The average Bonchev–Trinajstić information content (AvgIpc) is 3.48. The van der Waals surface area contributed by atoms with Crippen molar-refractivity contribution in [3.63, 3.8) is 0 Å². The monoisotopic (exact) mass is 663 g/mol. The number of ether oxygens (including phenoxy) is 2. The van der Waals surface area contributed by atoms with Crippen molar-refractivity contribution in [1.82, 2.24) is 24.8 Å². The molecule has 13 nitrogen and oxygen atoms in total. The average molecular weight is 664 g/mol. The summed E-state index contributed by atoms with van der Waals surface area (Å²) in [5.74, 6) is -0.684. The molecule has 0 saturated carbocycles. The van der Waals surface area contributed by atoms with Gasteiger partial charge in [-0.15, -0.1) is 0 Å². The van der Waals surface area contributed by atoms with Crippen LogP contribution in [0, 0.1) is 6.92 Å². The summed E-state index contributed by atoms with van der Waals surface area (Å²) in [4.78, 5) is 28.5. The van der Waals surface area contributed by atoms with Crippen molar-refractivity contribution in [3.8, 4) is 16.9 Å². The fraction of sp³-hybridized carbons (Fsp3) is 0.207. The Bertz CT molecular complexity index is 1750. The molecule has 0 bridgehead atoms. The van der Waals surface area contributed by atoms with E-state index in [4.69, 9.17) is 14.3 Å². The third kappa shape index (κ3) is 8.89. The largest absolute Gasteiger partial charge is 0.447 e. The zero-order valence-electron chi connectivity index (χ0n) is 24.3. The standard InChI is InChI=1S/C29H28F3N5O8S/c1-20-8-10-21(11-9-20)25-18-26(29(30,31)32)33-36(25)23-12-14-24(15-13-23)46(41,42)34-28(39)43-17-16-35(2)37(40)45-19-44-27(38)22-6-4-3-5-7-22/h3-15,18,40H,16-17,19H2,1-2H3,(H,34,39). The van der Waals surface area contributed by atoms with E-state index in [1.165, 1.54) is 31.3 Å². The van der Waals surface area contributed by atoms with Crippen molar-refractivity contribution in [2.75, 3.05) is 27.0 Å². The quantitative estimate of drug-likeness (QED) is 0.125. The fourth-order valence-electron chi connectivity index (χ4n) is 3.85. The molecule has 0 aliphatic heterocycles. The lowest BCUT2D eigenvalue weighted by Crippen LogP contribution is -2.41. The maximum atomic E-state index is 13.5. The number of benzene rings is 3. The van der Waals surface area contributed by atoms with Crippen molar-refractivity contribution in [1.29, 1.82) is 0 Å². The minimum atomic E-state index is -4.72. The molecule has 0 aliphatic rings. The number of aryl methyl sites for hydroxylation is 1. The highest BCUT2D eigenvalue weighted by Gasteiger charge is 2.35. The number of alkyl halides is 3. The third-order valence-electron chi connectivity index (χ3n) is 6.26. The molecule has 0 atom stereocenters. The number of esters is 1. The number of sulfonamides is 1. The van der Waals surface area contributed by atoms with E-state index in [-0.39, 0.29) is 33.7 Å². The van der Waals surface area contributed by atoms with E-state index < -0.39 is 47.4 Å². The van der Waals surface area contributed by atoms with Crippen molar-refractivity contribution >= 4 is 22.1 Å². The number of hydrazine groups is 1. The number of carbonyl (C=O) groups is 2. The summed E-state index contributed by atoms with van der Waals surface area (Å²) < 4.78 is 78.3. The predicted octanol–water partition coefficient (Wildman–Crippen LogP) is 4.57. The lowest BCUT2D eigenvalue weighted by Gasteiger charge is -2.23. The van der Waals surface area contributed by atoms with Crippen LogP contribution < -0.4 is 4.72 Å². The normalized spacial score (nSPS) is 11.9. The van der Waals surface area contributed by atoms with E-state index in [2.05, 4.69) is 5.10 Å². The number of amides is 1. The van der Waals surface area contributed by atoms with Crippen LogP contribution in [0.15, 0.2) is 89.8 Å². The van der Waals surface area contributed by atoms with Crippen LogP contribution >= 0.6 is 0 Å². The smallest absolute Gasteiger partial charge is 0.435 e. The first kappa shape index (κ1) is 34.1. The van der Waals surface area contributed by atoms with Gasteiger partial charge in [-0.05, 0) is 49.4 Å². The summed E-state index contributed by atoms with van der Waals surface area (Å²) in [6.45, 7) is 0.629. The Hall–Kier alpha value is -4.81. The number of hydrogen-bond acceptors (Lipinski definition) is 11. The fourth-order valence-corrected chi connectivity index (χ4v) is 4.74. The molecule has 0 spiro atoms. The Morgan fingerprint density at radius 1 is 0.978 bits per heavy atom. The first-order chi connectivity index (χ1) is 21.7. The van der Waals surface area contributed by atoms with Gasteiger partial charge in [0, 0.05) is 17.9 Å². The van der Waals surface area contributed by atoms with Crippen molar-refractivity contribution in [2.45, 2.75) is 18.0 Å². The molecule has 1 amide bonds. The first-order valence-electron chi connectivity index (χ1n) is 13.3. The lowest BCUT2D eigenvalue weighted by molar-refractivity contribution is -0.450. The minimum absolute atomic E-state index is 0.134. The van der Waals surface area contributed by atoms with Crippen molar-refractivity contribution in [2.24, 2.45) is 0 Å². The van der Waals surface area contributed by atoms with E-state index >= 15 is 0 Å². The molecule has 4 rings (SSSR count). The Labute approximate surface area is 261 Å². The summed E-state index contributed by atoms with van der Waals surface area (Å²) >= 11 is 0. The number of likely N-dealkylation sites (N-methyl/N-ethyl adjacent to an activating group) is 1. The van der Waals surface area contributed by atoms with Crippen LogP contribution in [0.5, 0.6) is 0 Å². The van der Waals surface area contributed by atoms with Gasteiger partial charge >= 0.3 is 18.2 Å². The Balaban J connectivity index is 1.31. The van der Waals surface area contributed by atoms with Crippen LogP contribution in [0.3, 0.4) is 0 Å². The number of hydrogen-bond donors (Lipinski definition) is 2. The molecule has 4 aromatic rings. The molecule has 3 aromatic carbocycles. The van der Waals surface area contributed by atoms with E-state index in [1.807, 2.05) is 6.92 Å². The highest BCUT2D eigenvalue weighted by Crippen LogP contribution is 2.33. The van der Waals surface area contributed by atoms with Gasteiger partial charge in [-0.25, -0.2) is 32.2 Å². The van der Waals surface area contributed by atoms with Gasteiger partial charge in [0.25, 0.3) is 10.0 Å². The van der Waals surface area contributed by atoms with Crippen molar-refractivity contribution in [3.05, 3.63) is 102 Å². The summed E-state index contributed by atoms with van der Waals surface area (Å²) in [5, 5.41) is 14.8. The summed E-state index contributed by atoms with van der Waals surface area (Å²) in [6.07, 6.45) is -6.05. The van der Waals surface area contributed by atoms with Gasteiger partial charge in [0.1, 0.15) is 6.61 Å². The maximum Gasteiger partial charge on any atom is 0.435 e. The van der Waals surface area contributed by atoms with Crippen LogP contribution in [0.4, 0.5) is 18.0 Å². The second-order valence-electron chi connectivity index (χ2n) is 9.60. The van der Waals surface area contributed by atoms with Gasteiger partial charge in [-0.1, -0.05) is 48.0 Å². The first-order valence-corrected chi connectivity index (χ1v) is 14.8. The minimum Gasteiger partial charge on any atom is -0.447 e. The van der Waals surface area contributed by atoms with Gasteiger partial charge < -0.3 is 9.47 Å². The molecular formula is C29H28F3N5O8S. The molecule has 0 saturated heterocycles. The molecule has 0 fully saturated rings.